The minimum absolute atomic E-state index is 0.265. The van der Waals surface area contributed by atoms with Crippen molar-refractivity contribution in [1.82, 2.24) is 8.84 Å². The van der Waals surface area contributed by atoms with Crippen molar-refractivity contribution in [1.29, 1.82) is 0 Å². The Kier molecular flexibility index (Phi) is 1.81. The van der Waals surface area contributed by atoms with Gasteiger partial charge in [-0.05, 0) is 13.8 Å². The van der Waals surface area contributed by atoms with Crippen LogP contribution in [0.25, 0.3) is 0 Å². The molecule has 1 aliphatic heterocycles. The number of hydrogen-bond acceptors (Lipinski definition) is 2. The predicted molar refractivity (Wildman–Crippen MR) is 43.6 cm³/mol. The van der Waals surface area contributed by atoms with Crippen molar-refractivity contribution in [3.8, 4) is 0 Å². The molecule has 1 heterocycles. The van der Waals surface area contributed by atoms with Gasteiger partial charge in [-0.15, -0.1) is 0 Å². The van der Waals surface area contributed by atoms with E-state index in [-0.39, 0.29) is 5.91 Å². The Hall–Kier alpha value is -0.410. The van der Waals surface area contributed by atoms with Crippen molar-refractivity contribution in [3.63, 3.8) is 0 Å². The van der Waals surface area contributed by atoms with Crippen molar-refractivity contribution in [3.05, 3.63) is 12.4 Å². The topological polar surface area (TPSA) is 23.6 Å². The van der Waals surface area contributed by atoms with Crippen molar-refractivity contribution < 1.29 is 4.79 Å². The number of rotatable bonds is 0. The number of halogens is 2. The second kappa shape index (κ2) is 2.29. The van der Waals surface area contributed by atoms with E-state index in [1.165, 1.54) is 4.42 Å². The van der Waals surface area contributed by atoms with E-state index in [2.05, 4.69) is 6.58 Å². The van der Waals surface area contributed by atoms with Crippen LogP contribution in [0.5, 0.6) is 0 Å². The van der Waals surface area contributed by atoms with Crippen LogP contribution in [0.4, 0.5) is 0 Å². The Morgan fingerprint density at radius 2 is 1.91 bits per heavy atom. The molecular formula is C6H8Cl2N2O. The average Bonchev–Trinajstić information content (AvgIpc) is 2.06. The number of nitrogens with zero attached hydrogens (tertiary/aromatic N) is 2. The molecule has 1 aliphatic rings. The molecule has 0 aliphatic carbocycles. The molecule has 62 valence electrons. The molecule has 0 radical (unpaired) electrons. The fraction of sp³-hybridized carbons (Fsp3) is 0.500. The van der Waals surface area contributed by atoms with Crippen LogP contribution in [0.3, 0.4) is 0 Å². The number of carbonyl (C=O) groups is 1. The second-order valence-electron chi connectivity index (χ2n) is 2.84. The highest BCUT2D eigenvalue weighted by Gasteiger charge is 2.47. The molecule has 0 saturated carbocycles. The van der Waals surface area contributed by atoms with E-state index >= 15 is 0 Å². The van der Waals surface area contributed by atoms with Gasteiger partial charge in [-0.3, -0.25) is 9.21 Å². The molecule has 5 heteroatoms. The largest absolute Gasteiger partial charge is 0.270 e. The zero-order chi connectivity index (χ0) is 8.81. The van der Waals surface area contributed by atoms with E-state index in [9.17, 15) is 4.79 Å². The average molecular weight is 195 g/mol. The van der Waals surface area contributed by atoms with E-state index in [0.717, 1.165) is 4.42 Å². The Labute approximate surface area is 75.4 Å². The molecule has 1 rings (SSSR count). The monoisotopic (exact) mass is 194 g/mol. The lowest BCUT2D eigenvalue weighted by Crippen LogP contribution is -2.37. The summed E-state index contributed by atoms with van der Waals surface area (Å²) < 4.78 is 2.15. The quantitative estimate of drug-likeness (QED) is 0.549. The summed E-state index contributed by atoms with van der Waals surface area (Å²) in [6.45, 7) is 6.88. The maximum absolute atomic E-state index is 11.3. The number of amides is 1. The minimum Gasteiger partial charge on any atom is -0.270 e. The zero-order valence-electron chi connectivity index (χ0n) is 6.27. The molecule has 0 bridgehead atoms. The first kappa shape index (κ1) is 8.68. The molecule has 0 unspecified atom stereocenters. The first-order valence-corrected chi connectivity index (χ1v) is 3.72. The van der Waals surface area contributed by atoms with Crippen LogP contribution < -0.4 is 0 Å². The summed E-state index contributed by atoms with van der Waals surface area (Å²) in [7, 11) is 0. The van der Waals surface area contributed by atoms with Crippen LogP contribution in [0.1, 0.15) is 13.8 Å². The van der Waals surface area contributed by atoms with E-state index in [4.69, 9.17) is 23.6 Å². The lowest BCUT2D eigenvalue weighted by Gasteiger charge is -2.21. The van der Waals surface area contributed by atoms with E-state index < -0.39 is 5.54 Å². The van der Waals surface area contributed by atoms with Gasteiger partial charge in [0.15, 0.2) is 0 Å². The Bertz CT molecular complexity index is 227. The van der Waals surface area contributed by atoms with Crippen molar-refractivity contribution in [2.24, 2.45) is 0 Å². The molecule has 0 N–H and O–H groups in total. The normalized spacial score (nSPS) is 23.3. The van der Waals surface area contributed by atoms with E-state index in [0.29, 0.717) is 5.82 Å². The number of hydrogen-bond donors (Lipinski definition) is 0. The summed E-state index contributed by atoms with van der Waals surface area (Å²) in [6, 6.07) is 0. The van der Waals surface area contributed by atoms with Crippen molar-refractivity contribution in [2.75, 3.05) is 0 Å². The van der Waals surface area contributed by atoms with Gasteiger partial charge in [0.1, 0.15) is 11.4 Å². The van der Waals surface area contributed by atoms with E-state index in [1.807, 2.05) is 0 Å². The Balaban J connectivity index is 3.06. The summed E-state index contributed by atoms with van der Waals surface area (Å²) >= 11 is 11.3. The third-order valence-electron chi connectivity index (χ3n) is 1.65. The molecule has 0 aromatic heterocycles. The van der Waals surface area contributed by atoms with Crippen LogP contribution in [-0.4, -0.2) is 20.3 Å². The zero-order valence-corrected chi connectivity index (χ0v) is 7.78. The fourth-order valence-electron chi connectivity index (χ4n) is 0.841. The summed E-state index contributed by atoms with van der Waals surface area (Å²) in [5.74, 6) is 0.0301. The Morgan fingerprint density at radius 3 is 2.00 bits per heavy atom. The SMILES string of the molecule is C=C1N(Cl)C(=O)C(C)(C)N1Cl. The molecule has 1 amide bonds. The van der Waals surface area contributed by atoms with Gasteiger partial charge in [-0.1, -0.05) is 6.58 Å². The second-order valence-corrected chi connectivity index (χ2v) is 3.52. The molecule has 0 spiro atoms. The van der Waals surface area contributed by atoms with Crippen LogP contribution in [0, 0.1) is 0 Å². The highest BCUT2D eigenvalue weighted by atomic mass is 35.5. The molecular weight excluding hydrogens is 187 g/mol. The van der Waals surface area contributed by atoms with E-state index in [1.54, 1.807) is 13.8 Å². The first-order valence-electron chi connectivity index (χ1n) is 3.04. The van der Waals surface area contributed by atoms with Gasteiger partial charge in [0.05, 0.1) is 0 Å². The summed E-state index contributed by atoms with van der Waals surface area (Å²) in [6.07, 6.45) is 0. The fourth-order valence-corrected chi connectivity index (χ4v) is 1.31. The summed E-state index contributed by atoms with van der Waals surface area (Å²) in [5, 5.41) is 0. The van der Waals surface area contributed by atoms with Crippen molar-refractivity contribution >= 4 is 29.5 Å². The first-order chi connectivity index (χ1) is 4.89. The maximum Gasteiger partial charge on any atom is 0.269 e. The van der Waals surface area contributed by atoms with Gasteiger partial charge in [-0.2, -0.15) is 0 Å². The highest BCUT2D eigenvalue weighted by molar-refractivity contribution is 6.28. The van der Waals surface area contributed by atoms with Gasteiger partial charge in [0, 0.05) is 23.6 Å². The van der Waals surface area contributed by atoms with Gasteiger partial charge in [-0.25, -0.2) is 4.42 Å². The molecule has 0 aromatic rings. The molecule has 1 fully saturated rings. The predicted octanol–water partition coefficient (Wildman–Crippen LogP) is 1.69. The van der Waals surface area contributed by atoms with Crippen LogP contribution in [0.15, 0.2) is 12.4 Å². The van der Waals surface area contributed by atoms with Gasteiger partial charge >= 0.3 is 0 Å². The lowest BCUT2D eigenvalue weighted by molar-refractivity contribution is -0.128. The molecule has 0 aromatic carbocycles. The van der Waals surface area contributed by atoms with Crippen LogP contribution in [-0.2, 0) is 4.79 Å². The highest BCUT2D eigenvalue weighted by Crippen LogP contribution is 2.35. The molecule has 3 nitrogen and oxygen atoms in total. The molecule has 0 atom stereocenters. The smallest absolute Gasteiger partial charge is 0.269 e. The maximum atomic E-state index is 11.3. The summed E-state index contributed by atoms with van der Waals surface area (Å²) in [4.78, 5) is 11.3. The molecule has 1 saturated heterocycles. The van der Waals surface area contributed by atoms with Crippen LogP contribution in [0.2, 0.25) is 0 Å². The number of carbonyl (C=O) groups excluding carboxylic acids is 1. The Morgan fingerprint density at radius 1 is 1.45 bits per heavy atom. The lowest BCUT2D eigenvalue weighted by atomic mass is 10.1. The van der Waals surface area contributed by atoms with Crippen LogP contribution >= 0.6 is 23.6 Å². The molecule has 11 heavy (non-hydrogen) atoms. The van der Waals surface area contributed by atoms with Gasteiger partial charge in [0.2, 0.25) is 0 Å². The summed E-state index contributed by atoms with van der Waals surface area (Å²) in [5.41, 5.74) is -0.791. The van der Waals surface area contributed by atoms with Gasteiger partial charge in [0.25, 0.3) is 5.91 Å². The standard InChI is InChI=1S/C6H8Cl2N2O/c1-4-9(7)5(11)6(2,3)10(4)8/h1H2,2-3H3. The minimum atomic E-state index is -0.791. The third-order valence-corrected chi connectivity index (χ3v) is 2.61. The third kappa shape index (κ3) is 0.993. The van der Waals surface area contributed by atoms with Crippen molar-refractivity contribution in [2.45, 2.75) is 19.4 Å². The van der Waals surface area contributed by atoms with Gasteiger partial charge < -0.3 is 0 Å².